The molecule has 1 saturated carbocycles. The molecule has 11 heavy (non-hydrogen) atoms. The number of rotatable bonds is 4. The van der Waals surface area contributed by atoms with Crippen molar-refractivity contribution in [3.8, 4) is 0 Å². The largest absolute Gasteiger partial charge is 0.390 e. The number of hydrogen-bond acceptors (Lipinski definition) is 2. The fourth-order valence-electron chi connectivity index (χ4n) is 1.23. The summed E-state index contributed by atoms with van der Waals surface area (Å²) in [6.45, 7) is 3.93. The smallest absolute Gasteiger partial charge is 0.0809 e. The molecule has 0 heterocycles. The molecule has 2 heteroatoms. The van der Waals surface area contributed by atoms with Gasteiger partial charge in [0, 0.05) is 0 Å². The minimum atomic E-state index is -0.282. The summed E-state index contributed by atoms with van der Waals surface area (Å²) in [5, 5.41) is 9.37. The lowest BCUT2D eigenvalue weighted by Crippen LogP contribution is -2.33. The van der Waals surface area contributed by atoms with Crippen LogP contribution in [0.15, 0.2) is 0 Å². The molecule has 1 fully saturated rings. The minimum Gasteiger partial charge on any atom is -0.390 e. The van der Waals surface area contributed by atoms with Crippen LogP contribution >= 0.6 is 0 Å². The Labute approximate surface area is 68.6 Å². The molecule has 66 valence electrons. The van der Waals surface area contributed by atoms with E-state index in [-0.39, 0.29) is 12.2 Å². The Hall–Kier alpha value is -0.0800. The van der Waals surface area contributed by atoms with Gasteiger partial charge < -0.3 is 9.84 Å². The van der Waals surface area contributed by atoms with Crippen LogP contribution in [-0.4, -0.2) is 23.4 Å². The van der Waals surface area contributed by atoms with E-state index in [4.69, 9.17) is 4.74 Å². The van der Waals surface area contributed by atoms with E-state index < -0.39 is 0 Å². The maximum absolute atomic E-state index is 9.37. The number of hydrogen-bond donors (Lipinski definition) is 1. The van der Waals surface area contributed by atoms with Gasteiger partial charge in [0.25, 0.3) is 0 Å². The molecule has 1 aliphatic carbocycles. The van der Waals surface area contributed by atoms with Crippen molar-refractivity contribution >= 4 is 0 Å². The van der Waals surface area contributed by atoms with E-state index >= 15 is 0 Å². The Morgan fingerprint density at radius 3 is 2.55 bits per heavy atom. The third kappa shape index (κ3) is 2.46. The summed E-state index contributed by atoms with van der Waals surface area (Å²) in [6, 6.07) is 0. The Bertz CT molecular complexity index is 110. The first kappa shape index (κ1) is 9.01. The van der Waals surface area contributed by atoms with Gasteiger partial charge in [0.1, 0.15) is 0 Å². The lowest BCUT2D eigenvalue weighted by molar-refractivity contribution is -0.0935. The lowest BCUT2D eigenvalue weighted by atomic mass is 9.96. The first-order valence-corrected chi connectivity index (χ1v) is 4.57. The van der Waals surface area contributed by atoms with E-state index in [1.54, 1.807) is 0 Å². The van der Waals surface area contributed by atoms with Gasteiger partial charge in [-0.05, 0) is 32.6 Å². The Kier molecular flexibility index (Phi) is 3.34. The van der Waals surface area contributed by atoms with Crippen LogP contribution in [-0.2, 0) is 4.74 Å². The summed E-state index contributed by atoms with van der Waals surface area (Å²) in [7, 11) is 0. The topological polar surface area (TPSA) is 29.5 Å². The molecule has 2 atom stereocenters. The average molecular weight is 158 g/mol. The third-order valence-electron chi connectivity index (χ3n) is 2.42. The van der Waals surface area contributed by atoms with Gasteiger partial charge in [0.05, 0.1) is 18.3 Å². The van der Waals surface area contributed by atoms with Crippen molar-refractivity contribution in [3.63, 3.8) is 0 Å². The van der Waals surface area contributed by atoms with E-state index in [1.807, 2.05) is 13.8 Å². The highest BCUT2D eigenvalue weighted by atomic mass is 16.5. The van der Waals surface area contributed by atoms with Gasteiger partial charge >= 0.3 is 0 Å². The molecule has 1 N–H and O–H groups in total. The molecule has 0 amide bonds. The molecule has 0 aliphatic heterocycles. The fourth-order valence-corrected chi connectivity index (χ4v) is 1.23. The summed E-state index contributed by atoms with van der Waals surface area (Å²) in [6.07, 6.45) is 4.61. The zero-order valence-corrected chi connectivity index (χ0v) is 7.42. The van der Waals surface area contributed by atoms with E-state index in [1.165, 1.54) is 19.3 Å². The summed E-state index contributed by atoms with van der Waals surface area (Å²) in [4.78, 5) is 0. The molecule has 2 unspecified atom stereocenters. The van der Waals surface area contributed by atoms with Crippen molar-refractivity contribution in [3.05, 3.63) is 0 Å². The Morgan fingerprint density at radius 2 is 2.18 bits per heavy atom. The van der Waals surface area contributed by atoms with Crippen LogP contribution in [0.3, 0.4) is 0 Å². The summed E-state index contributed by atoms with van der Waals surface area (Å²) < 4.78 is 5.59. The second-order valence-corrected chi connectivity index (χ2v) is 3.37. The Morgan fingerprint density at radius 1 is 1.55 bits per heavy atom. The van der Waals surface area contributed by atoms with Crippen LogP contribution in [0.2, 0.25) is 0 Å². The monoisotopic (exact) mass is 158 g/mol. The molecule has 0 bridgehead atoms. The van der Waals surface area contributed by atoms with E-state index in [0.717, 1.165) is 6.42 Å². The van der Waals surface area contributed by atoms with Crippen LogP contribution in [0.5, 0.6) is 0 Å². The van der Waals surface area contributed by atoms with Gasteiger partial charge in [-0.3, -0.25) is 0 Å². The summed E-state index contributed by atoms with van der Waals surface area (Å²) in [5.74, 6) is 0. The SMILES string of the molecule is CCC(O)C(C)OC1CCC1. The van der Waals surface area contributed by atoms with Crippen LogP contribution in [0.4, 0.5) is 0 Å². The van der Waals surface area contributed by atoms with Gasteiger partial charge in [-0.15, -0.1) is 0 Å². The van der Waals surface area contributed by atoms with Crippen LogP contribution in [0.1, 0.15) is 39.5 Å². The van der Waals surface area contributed by atoms with Crippen molar-refractivity contribution in [2.24, 2.45) is 0 Å². The highest BCUT2D eigenvalue weighted by Crippen LogP contribution is 2.24. The second-order valence-electron chi connectivity index (χ2n) is 3.37. The van der Waals surface area contributed by atoms with Gasteiger partial charge in [-0.2, -0.15) is 0 Å². The van der Waals surface area contributed by atoms with Crippen molar-refractivity contribution in [2.45, 2.75) is 57.8 Å². The molecule has 0 radical (unpaired) electrons. The lowest BCUT2D eigenvalue weighted by Gasteiger charge is -2.30. The highest BCUT2D eigenvalue weighted by Gasteiger charge is 2.23. The van der Waals surface area contributed by atoms with Crippen LogP contribution < -0.4 is 0 Å². The van der Waals surface area contributed by atoms with E-state index in [2.05, 4.69) is 0 Å². The third-order valence-corrected chi connectivity index (χ3v) is 2.42. The molecular weight excluding hydrogens is 140 g/mol. The quantitative estimate of drug-likeness (QED) is 0.675. The molecule has 0 aromatic heterocycles. The molecule has 2 nitrogen and oxygen atoms in total. The van der Waals surface area contributed by atoms with Crippen molar-refractivity contribution < 1.29 is 9.84 Å². The van der Waals surface area contributed by atoms with Crippen LogP contribution in [0, 0.1) is 0 Å². The van der Waals surface area contributed by atoms with E-state index in [0.29, 0.717) is 6.10 Å². The molecule has 0 saturated heterocycles. The van der Waals surface area contributed by atoms with Crippen molar-refractivity contribution in [1.29, 1.82) is 0 Å². The number of ether oxygens (including phenoxy) is 1. The average Bonchev–Trinajstić information content (AvgIpc) is 1.94. The summed E-state index contributed by atoms with van der Waals surface area (Å²) in [5.41, 5.74) is 0. The van der Waals surface area contributed by atoms with E-state index in [9.17, 15) is 5.11 Å². The minimum absolute atomic E-state index is 0.0188. The van der Waals surface area contributed by atoms with Gasteiger partial charge in [-0.25, -0.2) is 0 Å². The molecule has 0 aromatic carbocycles. The number of aliphatic hydroxyl groups excluding tert-OH is 1. The maximum atomic E-state index is 9.37. The standard InChI is InChI=1S/C9H18O2/c1-3-9(10)7(2)11-8-5-4-6-8/h7-10H,3-6H2,1-2H3. The Balaban J connectivity index is 2.13. The number of aliphatic hydroxyl groups is 1. The first-order chi connectivity index (χ1) is 5.24. The molecular formula is C9H18O2. The normalized spacial score (nSPS) is 24.3. The van der Waals surface area contributed by atoms with Crippen LogP contribution in [0.25, 0.3) is 0 Å². The molecule has 0 aromatic rings. The van der Waals surface area contributed by atoms with Gasteiger partial charge in [0.15, 0.2) is 0 Å². The predicted molar refractivity (Wildman–Crippen MR) is 44.5 cm³/mol. The maximum Gasteiger partial charge on any atom is 0.0809 e. The van der Waals surface area contributed by atoms with Crippen molar-refractivity contribution in [1.82, 2.24) is 0 Å². The molecule has 1 rings (SSSR count). The molecule has 1 aliphatic rings. The molecule has 0 spiro atoms. The van der Waals surface area contributed by atoms with Gasteiger partial charge in [-0.1, -0.05) is 6.92 Å². The zero-order valence-electron chi connectivity index (χ0n) is 7.42. The second kappa shape index (κ2) is 4.07. The first-order valence-electron chi connectivity index (χ1n) is 4.57. The predicted octanol–water partition coefficient (Wildman–Crippen LogP) is 1.71. The van der Waals surface area contributed by atoms with Gasteiger partial charge in [0.2, 0.25) is 0 Å². The van der Waals surface area contributed by atoms with Crippen molar-refractivity contribution in [2.75, 3.05) is 0 Å². The summed E-state index contributed by atoms with van der Waals surface area (Å²) >= 11 is 0. The fraction of sp³-hybridized carbons (Fsp3) is 1.00. The highest BCUT2D eigenvalue weighted by molar-refractivity contribution is 4.72. The zero-order chi connectivity index (χ0) is 8.27.